The predicted molar refractivity (Wildman–Crippen MR) is 90.6 cm³/mol. The highest BCUT2D eigenvalue weighted by Crippen LogP contribution is 2.25. The number of nitrogens with two attached hydrogens (primary N) is 1. The van der Waals surface area contributed by atoms with Crippen molar-refractivity contribution in [3.05, 3.63) is 17.5 Å². The maximum Gasteiger partial charge on any atom is 0.0624 e. The molecule has 2 unspecified atom stereocenters. The zero-order chi connectivity index (χ0) is 16.0. The Bertz CT molecular complexity index is 422. The molecule has 0 amide bonds. The van der Waals surface area contributed by atoms with Crippen LogP contribution in [-0.4, -0.2) is 39.4 Å². The van der Waals surface area contributed by atoms with Gasteiger partial charge in [-0.2, -0.15) is 5.10 Å². The second-order valence-corrected chi connectivity index (χ2v) is 5.99. The van der Waals surface area contributed by atoms with Crippen LogP contribution in [0.5, 0.6) is 0 Å². The van der Waals surface area contributed by atoms with Crippen molar-refractivity contribution in [3.8, 4) is 0 Å². The van der Waals surface area contributed by atoms with E-state index in [1.54, 1.807) is 0 Å². The number of nitrogens with zero attached hydrogens (tertiary/aromatic N) is 3. The summed E-state index contributed by atoms with van der Waals surface area (Å²) in [5, 5.41) is 4.64. The summed E-state index contributed by atoms with van der Waals surface area (Å²) in [5.41, 5.74) is 9.12. The average Bonchev–Trinajstić information content (AvgIpc) is 2.90. The molecular formula is C17H34N4. The monoisotopic (exact) mass is 294 g/mol. The van der Waals surface area contributed by atoms with Crippen LogP contribution in [0.25, 0.3) is 0 Å². The van der Waals surface area contributed by atoms with Gasteiger partial charge in [0.05, 0.1) is 5.69 Å². The van der Waals surface area contributed by atoms with Gasteiger partial charge < -0.3 is 5.73 Å². The molecule has 0 fully saturated rings. The van der Waals surface area contributed by atoms with Gasteiger partial charge in [-0.1, -0.05) is 27.7 Å². The fraction of sp³-hybridized carbons (Fsp3) is 0.824. The van der Waals surface area contributed by atoms with Crippen LogP contribution < -0.4 is 5.73 Å². The number of aryl methyl sites for hydroxylation is 2. The largest absolute Gasteiger partial charge is 0.326 e. The average molecular weight is 294 g/mol. The smallest absolute Gasteiger partial charge is 0.0624 e. The van der Waals surface area contributed by atoms with Crippen LogP contribution in [0.15, 0.2) is 6.07 Å². The van der Waals surface area contributed by atoms with Crippen LogP contribution in [0.2, 0.25) is 0 Å². The lowest BCUT2D eigenvalue weighted by molar-refractivity contribution is 0.0838. The summed E-state index contributed by atoms with van der Waals surface area (Å²) in [4.78, 5) is 2.49. The molecule has 0 spiro atoms. The van der Waals surface area contributed by atoms with Crippen LogP contribution >= 0.6 is 0 Å². The van der Waals surface area contributed by atoms with Gasteiger partial charge in [-0.15, -0.1) is 0 Å². The lowest BCUT2D eigenvalue weighted by Crippen LogP contribution is -2.58. The lowest BCUT2D eigenvalue weighted by Gasteiger charge is -2.44. The molecule has 1 aromatic rings. The third-order valence-corrected chi connectivity index (χ3v) is 5.01. The maximum atomic E-state index is 6.64. The van der Waals surface area contributed by atoms with E-state index in [0.717, 1.165) is 38.9 Å². The van der Waals surface area contributed by atoms with Gasteiger partial charge in [0.15, 0.2) is 0 Å². The molecule has 0 aliphatic heterocycles. The van der Waals surface area contributed by atoms with E-state index in [1.807, 2.05) is 0 Å². The Morgan fingerprint density at radius 3 is 2.29 bits per heavy atom. The zero-order valence-electron chi connectivity index (χ0n) is 14.8. The quantitative estimate of drug-likeness (QED) is 0.762. The molecule has 0 aliphatic carbocycles. The van der Waals surface area contributed by atoms with Crippen LogP contribution in [0.4, 0.5) is 0 Å². The number of likely N-dealkylation sites (N-methyl/N-ethyl adjacent to an activating group) is 1. The standard InChI is InChI=1S/C17H34N4/c1-7-14-12-15(21(11-5)19-14)13-16(18)17(6,8-2)20(9-3)10-4/h12,16H,7-11,13,18H2,1-6H3. The van der Waals surface area contributed by atoms with Crippen LogP contribution in [-0.2, 0) is 19.4 Å². The molecule has 4 heteroatoms. The van der Waals surface area contributed by atoms with Crippen LogP contribution in [0, 0.1) is 0 Å². The first-order valence-corrected chi connectivity index (χ1v) is 8.52. The molecule has 0 radical (unpaired) electrons. The minimum absolute atomic E-state index is 0.0404. The van der Waals surface area contributed by atoms with Gasteiger partial charge in [0.2, 0.25) is 0 Å². The van der Waals surface area contributed by atoms with Gasteiger partial charge in [0, 0.05) is 30.2 Å². The van der Waals surface area contributed by atoms with Gasteiger partial charge in [0.25, 0.3) is 0 Å². The van der Waals surface area contributed by atoms with Gasteiger partial charge in [-0.3, -0.25) is 9.58 Å². The number of hydrogen-bond acceptors (Lipinski definition) is 3. The van der Waals surface area contributed by atoms with Gasteiger partial charge in [-0.05, 0) is 45.8 Å². The van der Waals surface area contributed by atoms with E-state index in [0.29, 0.717) is 0 Å². The number of aromatic nitrogens is 2. The highest BCUT2D eigenvalue weighted by Gasteiger charge is 2.35. The minimum atomic E-state index is 0.0404. The van der Waals surface area contributed by atoms with Crippen molar-refractivity contribution in [1.82, 2.24) is 14.7 Å². The molecule has 1 rings (SSSR count). The van der Waals surface area contributed by atoms with E-state index in [2.05, 4.69) is 62.3 Å². The summed E-state index contributed by atoms with van der Waals surface area (Å²) in [6, 6.07) is 2.34. The first-order valence-electron chi connectivity index (χ1n) is 8.52. The van der Waals surface area contributed by atoms with Crippen molar-refractivity contribution in [2.45, 2.75) is 78.9 Å². The summed E-state index contributed by atoms with van der Waals surface area (Å²) >= 11 is 0. The molecule has 21 heavy (non-hydrogen) atoms. The summed E-state index contributed by atoms with van der Waals surface area (Å²) < 4.78 is 2.11. The minimum Gasteiger partial charge on any atom is -0.326 e. The normalized spacial score (nSPS) is 16.2. The van der Waals surface area contributed by atoms with E-state index in [-0.39, 0.29) is 11.6 Å². The topological polar surface area (TPSA) is 47.1 Å². The molecule has 0 saturated carbocycles. The van der Waals surface area contributed by atoms with E-state index >= 15 is 0 Å². The number of hydrogen-bond donors (Lipinski definition) is 1. The van der Waals surface area contributed by atoms with E-state index in [1.165, 1.54) is 11.4 Å². The molecule has 122 valence electrons. The third kappa shape index (κ3) is 3.86. The molecule has 2 N–H and O–H groups in total. The molecule has 2 atom stereocenters. The SMILES string of the molecule is CCc1cc(CC(N)C(C)(CC)N(CC)CC)n(CC)n1. The second-order valence-electron chi connectivity index (χ2n) is 5.99. The number of rotatable bonds is 9. The Morgan fingerprint density at radius 2 is 1.86 bits per heavy atom. The van der Waals surface area contributed by atoms with Gasteiger partial charge in [-0.25, -0.2) is 0 Å². The fourth-order valence-corrected chi connectivity index (χ4v) is 3.24. The van der Waals surface area contributed by atoms with Crippen LogP contribution in [0.1, 0.15) is 59.4 Å². The first kappa shape index (κ1) is 18.2. The lowest BCUT2D eigenvalue weighted by atomic mass is 9.85. The Morgan fingerprint density at radius 1 is 1.24 bits per heavy atom. The Kier molecular flexibility index (Phi) is 6.88. The fourth-order valence-electron chi connectivity index (χ4n) is 3.24. The summed E-state index contributed by atoms with van der Waals surface area (Å²) in [5.74, 6) is 0. The Balaban J connectivity index is 2.96. The molecule has 0 aromatic carbocycles. The third-order valence-electron chi connectivity index (χ3n) is 5.01. The van der Waals surface area contributed by atoms with Crippen molar-refractivity contribution >= 4 is 0 Å². The molecule has 0 aliphatic rings. The summed E-state index contributed by atoms with van der Waals surface area (Å²) in [7, 11) is 0. The highest BCUT2D eigenvalue weighted by atomic mass is 15.3. The van der Waals surface area contributed by atoms with E-state index < -0.39 is 0 Å². The zero-order valence-corrected chi connectivity index (χ0v) is 14.8. The van der Waals surface area contributed by atoms with Crippen molar-refractivity contribution in [1.29, 1.82) is 0 Å². The molecule has 1 heterocycles. The Labute approximate surface area is 130 Å². The first-order chi connectivity index (χ1) is 9.96. The van der Waals surface area contributed by atoms with Gasteiger partial charge in [0.1, 0.15) is 0 Å². The molecule has 4 nitrogen and oxygen atoms in total. The molecule has 1 aromatic heterocycles. The molecule has 0 bridgehead atoms. The van der Waals surface area contributed by atoms with Crippen molar-refractivity contribution in [3.63, 3.8) is 0 Å². The van der Waals surface area contributed by atoms with Crippen molar-refractivity contribution in [2.75, 3.05) is 13.1 Å². The van der Waals surface area contributed by atoms with E-state index in [4.69, 9.17) is 5.73 Å². The predicted octanol–water partition coefficient (Wildman–Crippen LogP) is 2.85. The Hall–Kier alpha value is -0.870. The van der Waals surface area contributed by atoms with E-state index in [9.17, 15) is 0 Å². The van der Waals surface area contributed by atoms with Crippen molar-refractivity contribution < 1.29 is 0 Å². The van der Waals surface area contributed by atoms with Crippen LogP contribution in [0.3, 0.4) is 0 Å². The second kappa shape index (κ2) is 7.95. The maximum absolute atomic E-state index is 6.64. The van der Waals surface area contributed by atoms with Crippen molar-refractivity contribution in [2.24, 2.45) is 5.73 Å². The van der Waals surface area contributed by atoms with Gasteiger partial charge >= 0.3 is 0 Å². The summed E-state index contributed by atoms with van der Waals surface area (Å²) in [6.45, 7) is 16.3. The summed E-state index contributed by atoms with van der Waals surface area (Å²) in [6.07, 6.45) is 2.94. The molecule has 0 saturated heterocycles. The molecular weight excluding hydrogens is 260 g/mol. The highest BCUT2D eigenvalue weighted by molar-refractivity contribution is 5.14.